The number of anilines is 2. The van der Waals surface area contributed by atoms with E-state index in [4.69, 9.17) is 0 Å². The summed E-state index contributed by atoms with van der Waals surface area (Å²) >= 11 is 0. The second kappa shape index (κ2) is 9.00. The summed E-state index contributed by atoms with van der Waals surface area (Å²) in [4.78, 5) is 32.1. The Labute approximate surface area is 223 Å². The van der Waals surface area contributed by atoms with E-state index < -0.39 is 0 Å². The monoisotopic (exact) mass is 496 g/mol. The molecule has 0 aliphatic carbocycles. The molecular weight excluding hydrogens is 468 g/mol. The van der Waals surface area contributed by atoms with E-state index in [1.54, 1.807) is 9.80 Å². The Bertz CT molecular complexity index is 1510. The molecule has 186 valence electrons. The minimum Gasteiger partial charge on any atom is -0.274 e. The largest absolute Gasteiger partial charge is 0.274 e. The number of carbonyl (C=O) groups is 2. The van der Waals surface area contributed by atoms with Crippen LogP contribution in [0.4, 0.5) is 11.4 Å². The van der Waals surface area contributed by atoms with E-state index in [-0.39, 0.29) is 11.8 Å². The van der Waals surface area contributed by atoms with Crippen molar-refractivity contribution >= 4 is 34.3 Å². The fraction of sp³-hybridized carbons (Fsp3) is 0.118. The molecule has 6 rings (SSSR count). The lowest BCUT2D eigenvalue weighted by atomic mass is 10.0. The maximum atomic E-state index is 14.4. The number of amides is 2. The lowest BCUT2D eigenvalue weighted by Crippen LogP contribution is -2.27. The molecule has 4 aromatic carbocycles. The van der Waals surface area contributed by atoms with Gasteiger partial charge in [-0.2, -0.15) is 0 Å². The highest BCUT2D eigenvalue weighted by Gasteiger charge is 2.49. The lowest BCUT2D eigenvalue weighted by molar-refractivity contribution is -0.112. The standard InChI is InChI=1S/C34H28N2O2/c1-21-5-13-25(14-6-21)29-31-32(36(33(29)37)28-19-11-24(4)12-20-28)30(26-15-7-22(2)8-16-26)34(38)35(31)27-17-9-23(3)10-18-27/h5-20H,1-4H3. The van der Waals surface area contributed by atoms with E-state index in [2.05, 4.69) is 0 Å². The van der Waals surface area contributed by atoms with Crippen LogP contribution >= 0.6 is 0 Å². The van der Waals surface area contributed by atoms with E-state index in [0.29, 0.717) is 22.5 Å². The third-order valence-electron chi connectivity index (χ3n) is 7.24. The second-order valence-electron chi connectivity index (χ2n) is 10.1. The molecule has 2 amide bonds. The number of nitrogens with zero attached hydrogens (tertiary/aromatic N) is 2. The molecule has 4 nitrogen and oxygen atoms in total. The number of hydrogen-bond donors (Lipinski definition) is 0. The number of aryl methyl sites for hydroxylation is 4. The van der Waals surface area contributed by atoms with Crippen molar-refractivity contribution in [3.8, 4) is 0 Å². The Morgan fingerprint density at radius 3 is 0.947 bits per heavy atom. The Morgan fingerprint density at radius 2 is 0.658 bits per heavy atom. The average molecular weight is 497 g/mol. The molecule has 2 aliphatic rings. The molecule has 0 N–H and O–H groups in total. The number of benzene rings is 4. The number of rotatable bonds is 4. The van der Waals surface area contributed by atoms with Crippen LogP contribution in [-0.2, 0) is 9.59 Å². The predicted molar refractivity (Wildman–Crippen MR) is 154 cm³/mol. The average Bonchev–Trinajstić information content (AvgIpc) is 3.35. The molecule has 0 bridgehead atoms. The van der Waals surface area contributed by atoms with Gasteiger partial charge < -0.3 is 0 Å². The van der Waals surface area contributed by atoms with Gasteiger partial charge in [-0.25, -0.2) is 0 Å². The molecule has 0 saturated heterocycles. The first-order valence-corrected chi connectivity index (χ1v) is 12.8. The minimum absolute atomic E-state index is 0.142. The zero-order valence-electron chi connectivity index (χ0n) is 21.9. The summed E-state index contributed by atoms with van der Waals surface area (Å²) in [5, 5.41) is 0. The van der Waals surface area contributed by atoms with Crippen LogP contribution in [0.5, 0.6) is 0 Å². The minimum atomic E-state index is -0.142. The van der Waals surface area contributed by atoms with Crippen molar-refractivity contribution in [1.29, 1.82) is 0 Å². The maximum absolute atomic E-state index is 14.4. The van der Waals surface area contributed by atoms with Gasteiger partial charge in [-0.05, 0) is 63.1 Å². The smallest absolute Gasteiger partial charge is 0.265 e. The van der Waals surface area contributed by atoms with Gasteiger partial charge in [-0.15, -0.1) is 0 Å². The van der Waals surface area contributed by atoms with Crippen LogP contribution in [0, 0.1) is 27.7 Å². The fourth-order valence-corrected chi connectivity index (χ4v) is 5.14. The molecule has 0 aromatic heterocycles. The normalized spacial score (nSPS) is 15.2. The predicted octanol–water partition coefficient (Wildman–Crippen LogP) is 7.14. The van der Waals surface area contributed by atoms with Gasteiger partial charge in [0.2, 0.25) is 0 Å². The first-order valence-electron chi connectivity index (χ1n) is 12.8. The van der Waals surface area contributed by atoms with Crippen LogP contribution < -0.4 is 9.80 Å². The SMILES string of the molecule is Cc1ccc(C2=C3C(=C(c4ccc(C)cc4)C(=O)N3c3ccc(C)cc3)N(c3ccc(C)cc3)C2=O)cc1. The summed E-state index contributed by atoms with van der Waals surface area (Å²) in [7, 11) is 0. The van der Waals surface area contributed by atoms with Gasteiger partial charge in [0, 0.05) is 11.4 Å². The number of hydrogen-bond acceptors (Lipinski definition) is 2. The Balaban J connectivity index is 1.68. The van der Waals surface area contributed by atoms with Gasteiger partial charge in [-0.1, -0.05) is 95.1 Å². The molecule has 2 heterocycles. The second-order valence-corrected chi connectivity index (χ2v) is 10.1. The Hall–Kier alpha value is -4.70. The molecule has 0 radical (unpaired) electrons. The van der Waals surface area contributed by atoms with Crippen molar-refractivity contribution in [3.63, 3.8) is 0 Å². The van der Waals surface area contributed by atoms with E-state index in [9.17, 15) is 9.59 Å². The molecule has 4 heteroatoms. The van der Waals surface area contributed by atoms with Gasteiger partial charge in [0.25, 0.3) is 11.8 Å². The summed E-state index contributed by atoms with van der Waals surface area (Å²) in [6.45, 7) is 8.09. The number of fused-ring (bicyclic) bond motifs is 1. The summed E-state index contributed by atoms with van der Waals surface area (Å²) in [6, 6.07) is 31.6. The zero-order valence-corrected chi connectivity index (χ0v) is 21.9. The van der Waals surface area contributed by atoms with Crippen molar-refractivity contribution < 1.29 is 9.59 Å². The number of carbonyl (C=O) groups excluding carboxylic acids is 2. The third-order valence-corrected chi connectivity index (χ3v) is 7.24. The third kappa shape index (κ3) is 3.77. The fourth-order valence-electron chi connectivity index (χ4n) is 5.14. The van der Waals surface area contributed by atoms with Gasteiger partial charge in [-0.3, -0.25) is 19.4 Å². The van der Waals surface area contributed by atoms with Gasteiger partial charge in [0.05, 0.1) is 22.5 Å². The van der Waals surface area contributed by atoms with E-state index >= 15 is 0 Å². The van der Waals surface area contributed by atoms with E-state index in [1.807, 2.05) is 125 Å². The highest BCUT2D eigenvalue weighted by Crippen LogP contribution is 2.50. The molecule has 4 aromatic rings. The topological polar surface area (TPSA) is 40.6 Å². The van der Waals surface area contributed by atoms with Gasteiger partial charge in [0.1, 0.15) is 0 Å². The highest BCUT2D eigenvalue weighted by atomic mass is 16.2. The Morgan fingerprint density at radius 1 is 0.395 bits per heavy atom. The lowest BCUT2D eigenvalue weighted by Gasteiger charge is -2.20. The molecule has 0 fully saturated rings. The van der Waals surface area contributed by atoms with Crippen molar-refractivity contribution in [2.24, 2.45) is 0 Å². The molecular formula is C34H28N2O2. The zero-order chi connectivity index (χ0) is 26.6. The Kier molecular flexibility index (Phi) is 5.61. The molecule has 0 atom stereocenters. The van der Waals surface area contributed by atoms with Gasteiger partial charge in [0.15, 0.2) is 0 Å². The van der Waals surface area contributed by atoms with Crippen LogP contribution in [0.25, 0.3) is 11.1 Å². The van der Waals surface area contributed by atoms with Crippen molar-refractivity contribution in [3.05, 3.63) is 142 Å². The van der Waals surface area contributed by atoms with Crippen molar-refractivity contribution in [2.75, 3.05) is 9.80 Å². The van der Waals surface area contributed by atoms with Crippen molar-refractivity contribution in [1.82, 2.24) is 0 Å². The quantitative estimate of drug-likeness (QED) is 0.301. The van der Waals surface area contributed by atoms with E-state index in [0.717, 1.165) is 44.8 Å². The van der Waals surface area contributed by atoms with Gasteiger partial charge >= 0.3 is 0 Å². The van der Waals surface area contributed by atoms with Crippen LogP contribution in [0.3, 0.4) is 0 Å². The summed E-state index contributed by atoms with van der Waals surface area (Å²) in [6.07, 6.45) is 0. The molecule has 38 heavy (non-hydrogen) atoms. The van der Waals surface area contributed by atoms with Crippen LogP contribution in [0.15, 0.2) is 108 Å². The van der Waals surface area contributed by atoms with Crippen LogP contribution in [0.2, 0.25) is 0 Å². The van der Waals surface area contributed by atoms with E-state index in [1.165, 1.54) is 0 Å². The highest BCUT2D eigenvalue weighted by molar-refractivity contribution is 6.43. The summed E-state index contributed by atoms with van der Waals surface area (Å²) in [5.74, 6) is -0.283. The van der Waals surface area contributed by atoms with Crippen LogP contribution in [0.1, 0.15) is 33.4 Å². The molecule has 0 unspecified atom stereocenters. The first-order chi connectivity index (χ1) is 18.3. The van der Waals surface area contributed by atoms with Crippen LogP contribution in [-0.4, -0.2) is 11.8 Å². The summed E-state index contributed by atoms with van der Waals surface area (Å²) < 4.78 is 0. The van der Waals surface area contributed by atoms with Crippen molar-refractivity contribution in [2.45, 2.75) is 27.7 Å². The summed E-state index contributed by atoms with van der Waals surface area (Å²) in [5.41, 5.74) is 9.77. The molecule has 2 aliphatic heterocycles. The molecule has 0 spiro atoms. The first kappa shape index (κ1) is 23.7. The maximum Gasteiger partial charge on any atom is 0.265 e. The molecule has 0 saturated carbocycles.